The van der Waals surface area contributed by atoms with Crippen LogP contribution in [0.2, 0.25) is 0 Å². The highest BCUT2D eigenvalue weighted by Crippen LogP contribution is 2.19. The zero-order valence-corrected chi connectivity index (χ0v) is 8.41. The summed E-state index contributed by atoms with van der Waals surface area (Å²) in [5.74, 6) is 0.701. The molecule has 0 saturated carbocycles. The number of hydrogen-bond donors (Lipinski definition) is 1. The quantitative estimate of drug-likeness (QED) is 0.728. The van der Waals surface area contributed by atoms with E-state index in [1.165, 1.54) is 18.4 Å². The van der Waals surface area contributed by atoms with Crippen LogP contribution in [0.4, 0.5) is 5.69 Å². The molecule has 0 amide bonds. The van der Waals surface area contributed by atoms with Gasteiger partial charge in [0.05, 0.1) is 0 Å². The molecular formula is C12H17NO. The molecule has 76 valence electrons. The maximum absolute atomic E-state index is 5.64. The molecule has 1 aliphatic heterocycles. The fraction of sp³-hybridized carbons (Fsp3) is 0.500. The highest BCUT2D eigenvalue weighted by atomic mass is 16.5. The molecule has 1 unspecified atom stereocenters. The third-order valence-corrected chi connectivity index (χ3v) is 2.76. The first-order valence-electron chi connectivity index (χ1n) is 5.27. The van der Waals surface area contributed by atoms with E-state index in [1.807, 2.05) is 12.1 Å². The van der Waals surface area contributed by atoms with Gasteiger partial charge in [-0.25, -0.2) is 0 Å². The number of anilines is 1. The van der Waals surface area contributed by atoms with Gasteiger partial charge in [-0.15, -0.1) is 0 Å². The zero-order chi connectivity index (χ0) is 9.80. The highest BCUT2D eigenvalue weighted by Gasteiger charge is 2.13. The Morgan fingerprint density at radius 3 is 2.71 bits per heavy atom. The van der Waals surface area contributed by atoms with Crippen LogP contribution in [0.15, 0.2) is 24.3 Å². The predicted octanol–water partition coefficient (Wildman–Crippen LogP) is 2.24. The average Bonchev–Trinajstić information content (AvgIpc) is 2.23. The molecule has 2 nitrogen and oxygen atoms in total. The molecule has 1 atom stereocenters. The Kier molecular flexibility index (Phi) is 3.04. The van der Waals surface area contributed by atoms with Gasteiger partial charge in [-0.3, -0.25) is 0 Å². The van der Waals surface area contributed by atoms with Crippen molar-refractivity contribution in [2.45, 2.75) is 19.3 Å². The Morgan fingerprint density at radius 1 is 1.29 bits per heavy atom. The third-order valence-electron chi connectivity index (χ3n) is 2.76. The SMILES string of the molecule is Nc1ccc(CC2CCCOC2)cc1. The molecule has 0 aliphatic carbocycles. The summed E-state index contributed by atoms with van der Waals surface area (Å²) in [6.45, 7) is 1.86. The van der Waals surface area contributed by atoms with Gasteiger partial charge in [0.25, 0.3) is 0 Å². The van der Waals surface area contributed by atoms with Crippen molar-refractivity contribution in [3.63, 3.8) is 0 Å². The van der Waals surface area contributed by atoms with Gasteiger partial charge in [-0.2, -0.15) is 0 Å². The number of benzene rings is 1. The summed E-state index contributed by atoms with van der Waals surface area (Å²) in [5, 5.41) is 0. The normalized spacial score (nSPS) is 22.1. The van der Waals surface area contributed by atoms with Crippen LogP contribution in [0.25, 0.3) is 0 Å². The number of nitrogens with two attached hydrogens (primary N) is 1. The minimum absolute atomic E-state index is 0.701. The largest absolute Gasteiger partial charge is 0.399 e. The fourth-order valence-corrected chi connectivity index (χ4v) is 1.96. The van der Waals surface area contributed by atoms with Crippen molar-refractivity contribution in [1.29, 1.82) is 0 Å². The first kappa shape index (κ1) is 9.53. The topological polar surface area (TPSA) is 35.2 Å². The summed E-state index contributed by atoms with van der Waals surface area (Å²) in [6.07, 6.45) is 3.63. The summed E-state index contributed by atoms with van der Waals surface area (Å²) in [6, 6.07) is 8.17. The summed E-state index contributed by atoms with van der Waals surface area (Å²) < 4.78 is 5.45. The van der Waals surface area contributed by atoms with Gasteiger partial charge in [-0.05, 0) is 42.9 Å². The first-order chi connectivity index (χ1) is 6.84. The lowest BCUT2D eigenvalue weighted by molar-refractivity contribution is 0.0550. The van der Waals surface area contributed by atoms with Gasteiger partial charge >= 0.3 is 0 Å². The van der Waals surface area contributed by atoms with Crippen LogP contribution in [0.5, 0.6) is 0 Å². The molecule has 1 aromatic rings. The summed E-state index contributed by atoms with van der Waals surface area (Å²) in [4.78, 5) is 0. The van der Waals surface area contributed by atoms with Crippen LogP contribution in [-0.4, -0.2) is 13.2 Å². The van der Waals surface area contributed by atoms with E-state index in [0.717, 1.165) is 25.3 Å². The maximum Gasteiger partial charge on any atom is 0.0497 e. The smallest absolute Gasteiger partial charge is 0.0497 e. The van der Waals surface area contributed by atoms with Crippen LogP contribution in [-0.2, 0) is 11.2 Å². The molecule has 0 bridgehead atoms. The fourth-order valence-electron chi connectivity index (χ4n) is 1.96. The van der Waals surface area contributed by atoms with E-state index < -0.39 is 0 Å². The van der Waals surface area contributed by atoms with Crippen LogP contribution in [0.3, 0.4) is 0 Å². The highest BCUT2D eigenvalue weighted by molar-refractivity contribution is 5.39. The Hall–Kier alpha value is -1.02. The van der Waals surface area contributed by atoms with E-state index in [2.05, 4.69) is 12.1 Å². The molecule has 2 N–H and O–H groups in total. The van der Waals surface area contributed by atoms with E-state index in [0.29, 0.717) is 5.92 Å². The van der Waals surface area contributed by atoms with Crippen molar-refractivity contribution in [2.24, 2.45) is 5.92 Å². The monoisotopic (exact) mass is 191 g/mol. The summed E-state index contributed by atoms with van der Waals surface area (Å²) >= 11 is 0. The molecule has 0 spiro atoms. The van der Waals surface area contributed by atoms with Gasteiger partial charge in [0, 0.05) is 18.9 Å². The minimum Gasteiger partial charge on any atom is -0.399 e. The second kappa shape index (κ2) is 4.47. The van der Waals surface area contributed by atoms with Crippen molar-refractivity contribution < 1.29 is 4.74 Å². The average molecular weight is 191 g/mol. The maximum atomic E-state index is 5.64. The van der Waals surface area contributed by atoms with E-state index in [9.17, 15) is 0 Å². The Bertz CT molecular complexity index is 275. The van der Waals surface area contributed by atoms with E-state index in [-0.39, 0.29) is 0 Å². The molecule has 0 aromatic heterocycles. The molecule has 2 rings (SSSR count). The van der Waals surface area contributed by atoms with Crippen LogP contribution in [0.1, 0.15) is 18.4 Å². The Labute approximate surface area is 85.1 Å². The van der Waals surface area contributed by atoms with Gasteiger partial charge < -0.3 is 10.5 Å². The number of ether oxygens (including phenoxy) is 1. The van der Waals surface area contributed by atoms with Gasteiger partial charge in [-0.1, -0.05) is 12.1 Å². The van der Waals surface area contributed by atoms with Crippen LogP contribution >= 0.6 is 0 Å². The standard InChI is InChI=1S/C12H17NO/c13-12-5-3-10(4-6-12)8-11-2-1-7-14-9-11/h3-6,11H,1-2,7-9,13H2. The lowest BCUT2D eigenvalue weighted by Crippen LogP contribution is -2.19. The molecule has 2 heteroatoms. The zero-order valence-electron chi connectivity index (χ0n) is 8.41. The number of rotatable bonds is 2. The minimum atomic E-state index is 0.701. The van der Waals surface area contributed by atoms with Crippen molar-refractivity contribution in [3.8, 4) is 0 Å². The second-order valence-electron chi connectivity index (χ2n) is 4.03. The number of hydrogen-bond acceptors (Lipinski definition) is 2. The van der Waals surface area contributed by atoms with Crippen LogP contribution < -0.4 is 5.73 Å². The van der Waals surface area contributed by atoms with Crippen molar-refractivity contribution in [3.05, 3.63) is 29.8 Å². The van der Waals surface area contributed by atoms with E-state index >= 15 is 0 Å². The van der Waals surface area contributed by atoms with Gasteiger partial charge in [0.1, 0.15) is 0 Å². The lowest BCUT2D eigenvalue weighted by Gasteiger charge is -2.21. The molecule has 1 saturated heterocycles. The lowest BCUT2D eigenvalue weighted by atomic mass is 9.94. The van der Waals surface area contributed by atoms with Crippen molar-refractivity contribution in [2.75, 3.05) is 18.9 Å². The summed E-state index contributed by atoms with van der Waals surface area (Å²) in [5.41, 5.74) is 7.85. The predicted molar refractivity (Wildman–Crippen MR) is 58.1 cm³/mol. The molecular weight excluding hydrogens is 174 g/mol. The molecule has 1 fully saturated rings. The number of nitrogen functional groups attached to an aromatic ring is 1. The molecule has 0 radical (unpaired) electrons. The van der Waals surface area contributed by atoms with Crippen molar-refractivity contribution >= 4 is 5.69 Å². The molecule has 1 aliphatic rings. The molecule has 1 aromatic carbocycles. The van der Waals surface area contributed by atoms with E-state index in [4.69, 9.17) is 10.5 Å². The Balaban J connectivity index is 1.92. The van der Waals surface area contributed by atoms with E-state index in [1.54, 1.807) is 0 Å². The van der Waals surface area contributed by atoms with Gasteiger partial charge in [0.15, 0.2) is 0 Å². The Morgan fingerprint density at radius 2 is 2.07 bits per heavy atom. The van der Waals surface area contributed by atoms with Crippen molar-refractivity contribution in [1.82, 2.24) is 0 Å². The summed E-state index contributed by atoms with van der Waals surface area (Å²) in [7, 11) is 0. The molecule has 1 heterocycles. The third kappa shape index (κ3) is 2.48. The first-order valence-corrected chi connectivity index (χ1v) is 5.27. The van der Waals surface area contributed by atoms with Gasteiger partial charge in [0.2, 0.25) is 0 Å². The molecule has 14 heavy (non-hydrogen) atoms. The second-order valence-corrected chi connectivity index (χ2v) is 4.03. The van der Waals surface area contributed by atoms with Crippen LogP contribution in [0, 0.1) is 5.92 Å².